The summed E-state index contributed by atoms with van der Waals surface area (Å²) in [7, 11) is 1.93. The molecule has 1 fully saturated rings. The van der Waals surface area contributed by atoms with Gasteiger partial charge in [-0.3, -0.25) is 9.80 Å². The first-order chi connectivity index (χ1) is 12.8. The number of hydrazone groups is 1. The van der Waals surface area contributed by atoms with Crippen molar-refractivity contribution in [1.82, 2.24) is 9.91 Å². The van der Waals surface area contributed by atoms with Crippen molar-refractivity contribution in [3.63, 3.8) is 0 Å². The highest BCUT2D eigenvalue weighted by atomic mass is 16.4. The van der Waals surface area contributed by atoms with Crippen molar-refractivity contribution in [3.8, 4) is 0 Å². The lowest BCUT2D eigenvalue weighted by Gasteiger charge is -2.26. The Morgan fingerprint density at radius 1 is 1.19 bits per heavy atom. The SMILES string of the molecule is CN1CN(Cc2ccc(C3CC3)c3ccccc23)C(CC(C)(C)C(=O)O)=N1. The summed E-state index contributed by atoms with van der Waals surface area (Å²) >= 11 is 0. The number of carbonyl (C=O) groups is 1. The molecule has 2 aromatic carbocycles. The summed E-state index contributed by atoms with van der Waals surface area (Å²) in [5, 5.41) is 18.6. The average molecular weight is 365 g/mol. The van der Waals surface area contributed by atoms with Crippen molar-refractivity contribution in [2.24, 2.45) is 10.5 Å². The van der Waals surface area contributed by atoms with Gasteiger partial charge in [0, 0.05) is 20.0 Å². The molecule has 1 saturated carbocycles. The van der Waals surface area contributed by atoms with Gasteiger partial charge in [-0.05, 0) is 54.5 Å². The second-order valence-corrected chi connectivity index (χ2v) is 8.51. The van der Waals surface area contributed by atoms with Gasteiger partial charge in [-0.25, -0.2) is 0 Å². The zero-order valence-corrected chi connectivity index (χ0v) is 16.3. The fourth-order valence-corrected chi connectivity index (χ4v) is 3.86. The van der Waals surface area contributed by atoms with E-state index in [9.17, 15) is 9.90 Å². The second-order valence-electron chi connectivity index (χ2n) is 8.51. The van der Waals surface area contributed by atoms with Gasteiger partial charge in [-0.2, -0.15) is 5.10 Å². The molecular formula is C22H27N3O2. The monoisotopic (exact) mass is 365 g/mol. The maximum atomic E-state index is 11.6. The van der Waals surface area contributed by atoms with E-state index in [1.54, 1.807) is 13.8 Å². The molecule has 0 amide bonds. The summed E-state index contributed by atoms with van der Waals surface area (Å²) in [5.41, 5.74) is 1.90. The number of aliphatic carboxylic acids is 1. The largest absolute Gasteiger partial charge is 0.481 e. The third-order valence-corrected chi connectivity index (χ3v) is 5.63. The van der Waals surface area contributed by atoms with Crippen molar-refractivity contribution >= 4 is 22.6 Å². The predicted octanol–water partition coefficient (Wildman–Crippen LogP) is 4.24. The highest BCUT2D eigenvalue weighted by molar-refractivity contribution is 5.91. The van der Waals surface area contributed by atoms with Crippen LogP contribution in [0.25, 0.3) is 10.8 Å². The Morgan fingerprint density at radius 3 is 2.56 bits per heavy atom. The lowest BCUT2D eigenvalue weighted by atomic mass is 9.88. The zero-order valence-electron chi connectivity index (χ0n) is 16.3. The molecule has 0 bridgehead atoms. The maximum absolute atomic E-state index is 11.6. The number of amidine groups is 1. The number of carboxylic acids is 1. The minimum atomic E-state index is -0.833. The molecule has 1 heterocycles. The van der Waals surface area contributed by atoms with Gasteiger partial charge in [-0.15, -0.1) is 0 Å². The molecule has 0 aromatic heterocycles. The normalized spacial score (nSPS) is 17.5. The molecule has 1 aliphatic carbocycles. The lowest BCUT2D eigenvalue weighted by Crippen LogP contribution is -2.35. The zero-order chi connectivity index (χ0) is 19.2. The van der Waals surface area contributed by atoms with E-state index in [0.717, 1.165) is 18.3 Å². The fraction of sp³-hybridized carbons (Fsp3) is 0.455. The molecule has 5 heteroatoms. The van der Waals surface area contributed by atoms with Gasteiger partial charge in [0.15, 0.2) is 0 Å². The molecule has 2 aliphatic rings. The first kappa shape index (κ1) is 17.8. The van der Waals surface area contributed by atoms with Crippen molar-refractivity contribution in [2.75, 3.05) is 13.7 Å². The molecule has 27 heavy (non-hydrogen) atoms. The summed E-state index contributed by atoms with van der Waals surface area (Å²) in [4.78, 5) is 13.7. The van der Waals surface area contributed by atoms with Gasteiger partial charge in [0.05, 0.1) is 5.41 Å². The lowest BCUT2D eigenvalue weighted by molar-refractivity contribution is -0.146. The van der Waals surface area contributed by atoms with Crippen LogP contribution in [-0.4, -0.2) is 40.5 Å². The van der Waals surface area contributed by atoms with E-state index in [4.69, 9.17) is 0 Å². The minimum absolute atomic E-state index is 0.421. The third-order valence-electron chi connectivity index (χ3n) is 5.63. The van der Waals surface area contributed by atoms with Crippen LogP contribution in [0, 0.1) is 5.41 Å². The molecule has 4 rings (SSSR count). The Balaban J connectivity index is 1.63. The maximum Gasteiger partial charge on any atom is 0.309 e. The molecule has 0 spiro atoms. The summed E-state index contributed by atoms with van der Waals surface area (Å²) in [6, 6.07) is 13.2. The van der Waals surface area contributed by atoms with E-state index in [2.05, 4.69) is 46.4 Å². The van der Waals surface area contributed by atoms with Crippen molar-refractivity contribution in [2.45, 2.75) is 45.6 Å². The van der Waals surface area contributed by atoms with E-state index >= 15 is 0 Å². The highest BCUT2D eigenvalue weighted by Crippen LogP contribution is 2.43. The van der Waals surface area contributed by atoms with Gasteiger partial charge < -0.3 is 10.0 Å². The minimum Gasteiger partial charge on any atom is -0.481 e. The van der Waals surface area contributed by atoms with Crippen LogP contribution >= 0.6 is 0 Å². The number of carboxylic acid groups (broad SMARTS) is 1. The number of fused-ring (bicyclic) bond motifs is 1. The molecule has 5 nitrogen and oxygen atoms in total. The Morgan fingerprint density at radius 2 is 1.89 bits per heavy atom. The number of benzene rings is 2. The molecule has 1 N–H and O–H groups in total. The molecule has 0 atom stereocenters. The van der Waals surface area contributed by atoms with Gasteiger partial charge >= 0.3 is 5.97 Å². The predicted molar refractivity (Wildman–Crippen MR) is 108 cm³/mol. The van der Waals surface area contributed by atoms with E-state index in [0.29, 0.717) is 13.1 Å². The molecule has 2 aromatic rings. The van der Waals surface area contributed by atoms with Crippen LogP contribution in [0.4, 0.5) is 0 Å². The molecular weight excluding hydrogens is 338 g/mol. The standard InChI is InChI=1S/C22H27N3O2/c1-22(2,21(26)27)12-20-23-24(3)14-25(20)13-16-10-11-18(15-8-9-15)19-7-5-4-6-17(16)19/h4-7,10-11,15H,8-9,12-14H2,1-3H3,(H,26,27). The third kappa shape index (κ3) is 3.51. The molecule has 0 saturated heterocycles. The van der Waals surface area contributed by atoms with Crippen LogP contribution in [0.3, 0.4) is 0 Å². The van der Waals surface area contributed by atoms with Crippen molar-refractivity contribution in [1.29, 1.82) is 0 Å². The average Bonchev–Trinajstić information content (AvgIpc) is 3.40. The first-order valence-corrected chi connectivity index (χ1v) is 9.62. The van der Waals surface area contributed by atoms with Crippen LogP contribution in [0.15, 0.2) is 41.5 Å². The quantitative estimate of drug-likeness (QED) is 0.832. The van der Waals surface area contributed by atoms with Gasteiger partial charge in [-0.1, -0.05) is 36.4 Å². The Labute approximate surface area is 160 Å². The van der Waals surface area contributed by atoms with Crippen LogP contribution in [0.1, 0.15) is 50.2 Å². The van der Waals surface area contributed by atoms with Crippen LogP contribution in [-0.2, 0) is 11.3 Å². The highest BCUT2D eigenvalue weighted by Gasteiger charge is 2.34. The molecule has 142 valence electrons. The van der Waals surface area contributed by atoms with Crippen LogP contribution < -0.4 is 0 Å². The number of rotatable bonds is 6. The topological polar surface area (TPSA) is 56.1 Å². The molecule has 0 unspecified atom stereocenters. The smallest absolute Gasteiger partial charge is 0.309 e. The summed E-state index contributed by atoms with van der Waals surface area (Å²) < 4.78 is 0. The number of hydrogen-bond donors (Lipinski definition) is 1. The Hall–Kier alpha value is -2.56. The first-order valence-electron chi connectivity index (χ1n) is 9.62. The molecule has 1 aliphatic heterocycles. The van der Waals surface area contributed by atoms with Crippen LogP contribution in [0.5, 0.6) is 0 Å². The van der Waals surface area contributed by atoms with E-state index in [1.165, 1.54) is 34.7 Å². The van der Waals surface area contributed by atoms with Crippen molar-refractivity contribution in [3.05, 3.63) is 47.5 Å². The van der Waals surface area contributed by atoms with E-state index < -0.39 is 11.4 Å². The van der Waals surface area contributed by atoms with Gasteiger partial charge in [0.25, 0.3) is 0 Å². The van der Waals surface area contributed by atoms with Crippen molar-refractivity contribution < 1.29 is 9.90 Å². The summed E-state index contributed by atoms with van der Waals surface area (Å²) in [6.45, 7) is 4.94. The molecule has 0 radical (unpaired) electrons. The summed E-state index contributed by atoms with van der Waals surface area (Å²) in [5.74, 6) is 0.773. The fourth-order valence-electron chi connectivity index (χ4n) is 3.86. The van der Waals surface area contributed by atoms with Gasteiger partial charge in [0.2, 0.25) is 0 Å². The summed E-state index contributed by atoms with van der Waals surface area (Å²) in [6.07, 6.45) is 3.01. The van der Waals surface area contributed by atoms with Crippen LogP contribution in [0.2, 0.25) is 0 Å². The van der Waals surface area contributed by atoms with E-state index in [-0.39, 0.29) is 0 Å². The Kier molecular flexibility index (Phi) is 4.33. The van der Waals surface area contributed by atoms with E-state index in [1.807, 2.05) is 12.1 Å². The number of hydrogen-bond acceptors (Lipinski definition) is 4. The second kappa shape index (κ2) is 6.55. The number of nitrogens with zero attached hydrogens (tertiary/aromatic N) is 3. The Bertz CT molecular complexity index is 915. The van der Waals surface area contributed by atoms with Gasteiger partial charge in [0.1, 0.15) is 12.5 Å².